The first-order valence-corrected chi connectivity index (χ1v) is 6.88. The molecule has 0 aliphatic rings. The van der Waals surface area contributed by atoms with Gasteiger partial charge in [-0.3, -0.25) is 4.79 Å². The first kappa shape index (κ1) is 17.1. The molecule has 0 aliphatic carbocycles. The Morgan fingerprint density at radius 1 is 1.30 bits per heavy atom. The summed E-state index contributed by atoms with van der Waals surface area (Å²) in [6.07, 6.45) is -4.43. The Morgan fingerprint density at radius 2 is 2.04 bits per heavy atom. The molecule has 0 saturated carbocycles. The average Bonchev–Trinajstić information content (AvgIpc) is 2.96. The fraction of sp³-hybridized carbons (Fsp3) is 0.312. The molecule has 0 radical (unpaired) electrons. The Bertz CT molecular complexity index is 679. The summed E-state index contributed by atoms with van der Waals surface area (Å²) in [4.78, 5) is 12.0. The summed E-state index contributed by atoms with van der Waals surface area (Å²) in [5.74, 6) is -0.228. The number of carbonyl (C=O) groups excluding carboxylic acids is 1. The van der Waals surface area contributed by atoms with Gasteiger partial charge in [0.15, 0.2) is 5.76 Å². The highest BCUT2D eigenvalue weighted by molar-refractivity contribution is 5.92. The molecule has 0 spiro atoms. The molecule has 1 aromatic heterocycles. The van der Waals surface area contributed by atoms with Crippen molar-refractivity contribution in [3.63, 3.8) is 0 Å². The second-order valence-corrected chi connectivity index (χ2v) is 5.07. The first-order valence-electron chi connectivity index (χ1n) is 6.88. The van der Waals surface area contributed by atoms with Crippen molar-refractivity contribution in [1.82, 2.24) is 5.32 Å². The van der Waals surface area contributed by atoms with Crippen LogP contribution in [0.25, 0.3) is 11.3 Å². The third kappa shape index (κ3) is 4.35. The van der Waals surface area contributed by atoms with Crippen LogP contribution in [0.1, 0.15) is 23.0 Å². The summed E-state index contributed by atoms with van der Waals surface area (Å²) < 4.78 is 48.4. The van der Waals surface area contributed by atoms with Crippen molar-refractivity contribution in [2.75, 3.05) is 13.7 Å². The highest BCUT2D eigenvalue weighted by Gasteiger charge is 2.30. The normalized spacial score (nSPS) is 12.9. The summed E-state index contributed by atoms with van der Waals surface area (Å²) >= 11 is 0. The molecular formula is C16H16F3NO3. The van der Waals surface area contributed by atoms with Gasteiger partial charge in [-0.1, -0.05) is 12.1 Å². The topological polar surface area (TPSA) is 51.5 Å². The van der Waals surface area contributed by atoms with Gasteiger partial charge in [0.2, 0.25) is 0 Å². The molecule has 4 nitrogen and oxygen atoms in total. The summed E-state index contributed by atoms with van der Waals surface area (Å²) in [7, 11) is 1.52. The standard InChI is InChI=1S/C16H16F3NO3/c1-10(9-22-2)20-15(21)14-7-6-13(23-14)11-4-3-5-12(8-11)16(17,18)19/h3-8,10H,9H2,1-2H3,(H,20,21)/t10-/m0/s1. The van der Waals surface area contributed by atoms with Crippen LogP contribution in [0, 0.1) is 0 Å². The van der Waals surface area contributed by atoms with Crippen LogP contribution in [0.3, 0.4) is 0 Å². The molecule has 0 saturated heterocycles. The summed E-state index contributed by atoms with van der Waals surface area (Å²) in [6.45, 7) is 2.10. The largest absolute Gasteiger partial charge is 0.451 e. The highest BCUT2D eigenvalue weighted by atomic mass is 19.4. The quantitative estimate of drug-likeness (QED) is 0.910. The second kappa shape index (κ2) is 6.87. The molecule has 124 valence electrons. The lowest BCUT2D eigenvalue weighted by Gasteiger charge is -2.11. The molecule has 1 amide bonds. The van der Waals surface area contributed by atoms with Crippen molar-refractivity contribution < 1.29 is 27.1 Å². The maximum Gasteiger partial charge on any atom is 0.416 e. The summed E-state index contributed by atoms with van der Waals surface area (Å²) in [5.41, 5.74) is -0.519. The lowest BCUT2D eigenvalue weighted by atomic mass is 10.1. The Kier molecular flexibility index (Phi) is 5.10. The van der Waals surface area contributed by atoms with Gasteiger partial charge in [0.25, 0.3) is 5.91 Å². The van der Waals surface area contributed by atoms with Crippen molar-refractivity contribution >= 4 is 5.91 Å². The van der Waals surface area contributed by atoms with E-state index in [2.05, 4.69) is 5.32 Å². The molecule has 2 aromatic rings. The molecule has 7 heteroatoms. The number of amides is 1. The van der Waals surface area contributed by atoms with Crippen LogP contribution in [0.5, 0.6) is 0 Å². The molecule has 0 aliphatic heterocycles. The van der Waals surface area contributed by atoms with E-state index in [9.17, 15) is 18.0 Å². The molecule has 1 heterocycles. The van der Waals surface area contributed by atoms with E-state index in [-0.39, 0.29) is 23.1 Å². The summed E-state index contributed by atoms with van der Waals surface area (Å²) in [5, 5.41) is 2.66. The van der Waals surface area contributed by atoms with Gasteiger partial charge in [0.05, 0.1) is 12.2 Å². The molecular weight excluding hydrogens is 311 g/mol. The van der Waals surface area contributed by atoms with Crippen LogP contribution in [-0.2, 0) is 10.9 Å². The molecule has 1 atom stereocenters. The van der Waals surface area contributed by atoms with Crippen LogP contribution in [-0.4, -0.2) is 25.7 Å². The Labute approximate surface area is 131 Å². The number of alkyl halides is 3. The SMILES string of the molecule is COC[C@H](C)NC(=O)c1ccc(-c2cccc(C(F)(F)F)c2)o1. The number of carbonyl (C=O) groups is 1. The Hall–Kier alpha value is -2.28. The van der Waals surface area contributed by atoms with Crippen molar-refractivity contribution in [2.24, 2.45) is 0 Å². The number of ether oxygens (including phenoxy) is 1. The minimum absolute atomic E-state index is 0.0281. The van der Waals surface area contributed by atoms with E-state index < -0.39 is 17.6 Å². The van der Waals surface area contributed by atoms with E-state index in [1.54, 1.807) is 6.92 Å². The van der Waals surface area contributed by atoms with Gasteiger partial charge in [-0.15, -0.1) is 0 Å². The van der Waals surface area contributed by atoms with Crippen LogP contribution < -0.4 is 5.32 Å². The predicted molar refractivity (Wildman–Crippen MR) is 78.0 cm³/mol. The minimum Gasteiger partial charge on any atom is -0.451 e. The zero-order chi connectivity index (χ0) is 17.0. The van der Waals surface area contributed by atoms with Crippen LogP contribution in [0.15, 0.2) is 40.8 Å². The lowest BCUT2D eigenvalue weighted by molar-refractivity contribution is -0.137. The maximum absolute atomic E-state index is 12.7. The first-order chi connectivity index (χ1) is 10.8. The third-order valence-electron chi connectivity index (χ3n) is 3.10. The van der Waals surface area contributed by atoms with Crippen molar-refractivity contribution in [3.8, 4) is 11.3 Å². The molecule has 23 heavy (non-hydrogen) atoms. The molecule has 2 rings (SSSR count). The molecule has 0 bridgehead atoms. The number of benzene rings is 1. The van der Waals surface area contributed by atoms with Crippen LogP contribution in [0.4, 0.5) is 13.2 Å². The van der Waals surface area contributed by atoms with E-state index in [0.29, 0.717) is 6.61 Å². The molecule has 0 unspecified atom stereocenters. The van der Waals surface area contributed by atoms with Gasteiger partial charge >= 0.3 is 6.18 Å². The molecule has 0 fully saturated rings. The predicted octanol–water partition coefficient (Wildman–Crippen LogP) is 3.73. The van der Waals surface area contributed by atoms with Crippen molar-refractivity contribution in [2.45, 2.75) is 19.1 Å². The zero-order valence-corrected chi connectivity index (χ0v) is 12.6. The van der Waals surface area contributed by atoms with Gasteiger partial charge in [0, 0.05) is 18.7 Å². The number of methoxy groups -OCH3 is 1. The average molecular weight is 327 g/mol. The van der Waals surface area contributed by atoms with E-state index in [4.69, 9.17) is 9.15 Å². The zero-order valence-electron chi connectivity index (χ0n) is 12.6. The number of rotatable bonds is 5. The van der Waals surface area contributed by atoms with Crippen molar-refractivity contribution in [3.05, 3.63) is 47.7 Å². The monoisotopic (exact) mass is 327 g/mol. The van der Waals surface area contributed by atoms with Gasteiger partial charge in [-0.25, -0.2) is 0 Å². The van der Waals surface area contributed by atoms with E-state index >= 15 is 0 Å². The fourth-order valence-corrected chi connectivity index (χ4v) is 2.05. The third-order valence-corrected chi connectivity index (χ3v) is 3.10. The fourth-order valence-electron chi connectivity index (χ4n) is 2.05. The van der Waals surface area contributed by atoms with E-state index in [1.807, 2.05) is 0 Å². The number of halogens is 3. The minimum atomic E-state index is -4.43. The van der Waals surface area contributed by atoms with Crippen LogP contribution in [0.2, 0.25) is 0 Å². The van der Waals surface area contributed by atoms with Gasteiger partial charge in [-0.2, -0.15) is 13.2 Å². The smallest absolute Gasteiger partial charge is 0.416 e. The van der Waals surface area contributed by atoms with Gasteiger partial charge in [0.1, 0.15) is 5.76 Å². The number of hydrogen-bond acceptors (Lipinski definition) is 3. The molecule has 1 aromatic carbocycles. The summed E-state index contributed by atoms with van der Waals surface area (Å²) in [6, 6.07) is 7.41. The van der Waals surface area contributed by atoms with Gasteiger partial charge < -0.3 is 14.5 Å². The molecule has 1 N–H and O–H groups in total. The number of nitrogens with one attached hydrogen (secondary N) is 1. The van der Waals surface area contributed by atoms with E-state index in [1.165, 1.54) is 31.4 Å². The van der Waals surface area contributed by atoms with E-state index in [0.717, 1.165) is 12.1 Å². The van der Waals surface area contributed by atoms with Gasteiger partial charge in [-0.05, 0) is 31.2 Å². The highest BCUT2D eigenvalue weighted by Crippen LogP contribution is 2.32. The van der Waals surface area contributed by atoms with Crippen molar-refractivity contribution in [1.29, 1.82) is 0 Å². The van der Waals surface area contributed by atoms with Crippen LogP contribution >= 0.6 is 0 Å². The second-order valence-electron chi connectivity index (χ2n) is 5.07. The number of hydrogen-bond donors (Lipinski definition) is 1. The maximum atomic E-state index is 12.7. The Balaban J connectivity index is 2.18. The lowest BCUT2D eigenvalue weighted by Crippen LogP contribution is -2.35. The number of furan rings is 1. The Morgan fingerprint density at radius 3 is 2.70 bits per heavy atom.